The third kappa shape index (κ3) is 3.76. The Bertz CT molecular complexity index is 1650. The van der Waals surface area contributed by atoms with E-state index >= 15 is 0 Å². The lowest BCUT2D eigenvalue weighted by Crippen LogP contribution is -2.39. The molecular formula is C26H36N8O3S. The average Bonchev–Trinajstić information content (AvgIpc) is 3.42. The fourth-order valence-electron chi connectivity index (χ4n) is 5.29. The summed E-state index contributed by atoms with van der Waals surface area (Å²) in [5.41, 5.74) is 4.25. The van der Waals surface area contributed by atoms with Crippen molar-refractivity contribution in [3.63, 3.8) is 0 Å². The molecule has 1 aromatic carbocycles. The normalized spacial score (nSPS) is 17.2. The first-order valence-corrected chi connectivity index (χ1v) is 14.3. The van der Waals surface area contributed by atoms with Crippen molar-refractivity contribution >= 4 is 38.2 Å². The average molecular weight is 541 g/mol. The van der Waals surface area contributed by atoms with Crippen molar-refractivity contribution in [3.05, 3.63) is 29.7 Å². The Labute approximate surface area is 223 Å². The van der Waals surface area contributed by atoms with E-state index < -0.39 is 14.8 Å². The second kappa shape index (κ2) is 8.91. The molecule has 0 aliphatic carbocycles. The van der Waals surface area contributed by atoms with Crippen molar-refractivity contribution in [2.75, 3.05) is 23.3 Å². The molecule has 0 saturated carbocycles. The molecular weight excluding hydrogens is 504 g/mol. The Balaban J connectivity index is 1.83. The molecule has 4 heterocycles. The third-order valence-electron chi connectivity index (χ3n) is 7.13. The number of methoxy groups -OCH3 is 1. The molecule has 38 heavy (non-hydrogen) atoms. The van der Waals surface area contributed by atoms with Gasteiger partial charge < -0.3 is 14.6 Å². The van der Waals surface area contributed by atoms with Crippen LogP contribution < -0.4 is 9.62 Å². The van der Waals surface area contributed by atoms with Crippen LogP contribution in [0, 0.1) is 6.92 Å². The maximum Gasteiger partial charge on any atom is 0.244 e. The highest BCUT2D eigenvalue weighted by molar-refractivity contribution is 7.94. The van der Waals surface area contributed by atoms with E-state index in [1.54, 1.807) is 21.0 Å². The topological polar surface area (TPSA) is 120 Å². The summed E-state index contributed by atoms with van der Waals surface area (Å²) in [6.07, 6.45) is 1.90. The monoisotopic (exact) mass is 540 g/mol. The van der Waals surface area contributed by atoms with Gasteiger partial charge >= 0.3 is 0 Å². The van der Waals surface area contributed by atoms with Crippen LogP contribution in [0.3, 0.4) is 0 Å². The quantitative estimate of drug-likeness (QED) is 0.369. The minimum Gasteiger partial charge on any atom is -0.383 e. The zero-order chi connectivity index (χ0) is 27.7. The van der Waals surface area contributed by atoms with E-state index in [0.29, 0.717) is 40.8 Å². The van der Waals surface area contributed by atoms with Crippen molar-refractivity contribution in [2.45, 2.75) is 78.3 Å². The Hall–Kier alpha value is -3.25. The summed E-state index contributed by atoms with van der Waals surface area (Å²) in [4.78, 5) is 9.97. The second-order valence-electron chi connectivity index (χ2n) is 11.1. The Morgan fingerprint density at radius 1 is 1.08 bits per heavy atom. The summed E-state index contributed by atoms with van der Waals surface area (Å²) in [5.74, 6) is 2.02. The zero-order valence-corrected chi connectivity index (χ0v) is 24.3. The van der Waals surface area contributed by atoms with E-state index in [2.05, 4.69) is 27.0 Å². The molecule has 0 amide bonds. The highest BCUT2D eigenvalue weighted by atomic mass is 32.2. The molecule has 1 atom stereocenters. The first kappa shape index (κ1) is 26.4. The number of hydrogen-bond donors (Lipinski definition) is 1. The minimum absolute atomic E-state index is 0.0995. The number of aryl methyl sites for hydroxylation is 1. The molecule has 0 spiro atoms. The molecule has 0 radical (unpaired) electrons. The Morgan fingerprint density at radius 2 is 1.79 bits per heavy atom. The van der Waals surface area contributed by atoms with Crippen LogP contribution in [0.2, 0.25) is 0 Å². The zero-order valence-electron chi connectivity index (χ0n) is 23.4. The van der Waals surface area contributed by atoms with Gasteiger partial charge in [0, 0.05) is 31.0 Å². The van der Waals surface area contributed by atoms with E-state index in [9.17, 15) is 8.42 Å². The Kier molecular flexibility index (Phi) is 6.18. The molecule has 3 aromatic heterocycles. The second-order valence-corrected chi connectivity index (χ2v) is 13.5. The summed E-state index contributed by atoms with van der Waals surface area (Å²) in [7, 11) is -1.93. The van der Waals surface area contributed by atoms with Gasteiger partial charge in [-0.3, -0.25) is 8.71 Å². The molecule has 1 N–H and O–H groups in total. The van der Waals surface area contributed by atoms with Gasteiger partial charge in [0.05, 0.1) is 29.4 Å². The fraction of sp³-hybridized carbons (Fsp3) is 0.538. The molecule has 5 rings (SSSR count). The molecule has 11 nitrogen and oxygen atoms in total. The number of hydrogen-bond acceptors (Lipinski definition) is 8. The van der Waals surface area contributed by atoms with Crippen LogP contribution in [0.15, 0.2) is 18.3 Å². The molecule has 1 aliphatic rings. The van der Waals surface area contributed by atoms with Gasteiger partial charge in [-0.05, 0) is 67.5 Å². The number of nitrogens with one attached hydrogen (secondary N) is 1. The van der Waals surface area contributed by atoms with Gasteiger partial charge in [-0.1, -0.05) is 0 Å². The SMILES string of the molecule is COCC(C)n1c(-c2cn3c(C)nnc3c(NC(C)C)n2)nc2cc3c(cc21)N(C(C)C)S(=O)(=O)C3(C)C. The molecule has 0 fully saturated rings. The first-order valence-electron chi connectivity index (χ1n) is 12.9. The van der Waals surface area contributed by atoms with Crippen LogP contribution in [0.5, 0.6) is 0 Å². The highest BCUT2D eigenvalue weighted by Gasteiger charge is 2.51. The summed E-state index contributed by atoms with van der Waals surface area (Å²) < 4.78 is 37.0. The van der Waals surface area contributed by atoms with Gasteiger partial charge in [-0.25, -0.2) is 18.4 Å². The molecule has 0 saturated heterocycles. The van der Waals surface area contributed by atoms with Crippen molar-refractivity contribution in [1.29, 1.82) is 0 Å². The van der Waals surface area contributed by atoms with Crippen LogP contribution in [-0.2, 0) is 19.5 Å². The van der Waals surface area contributed by atoms with Gasteiger partial charge in [-0.2, -0.15) is 0 Å². The lowest BCUT2D eigenvalue weighted by atomic mass is 9.99. The van der Waals surface area contributed by atoms with Crippen LogP contribution in [-0.4, -0.2) is 63.4 Å². The predicted octanol–water partition coefficient (Wildman–Crippen LogP) is 4.27. The van der Waals surface area contributed by atoms with E-state index in [1.165, 1.54) is 4.31 Å². The maximum absolute atomic E-state index is 13.5. The van der Waals surface area contributed by atoms with Crippen LogP contribution >= 0.6 is 0 Å². The van der Waals surface area contributed by atoms with E-state index in [0.717, 1.165) is 16.9 Å². The number of sulfonamides is 1. The van der Waals surface area contributed by atoms with E-state index in [-0.39, 0.29) is 18.1 Å². The third-order valence-corrected chi connectivity index (χ3v) is 9.78. The Morgan fingerprint density at radius 3 is 2.42 bits per heavy atom. The van der Waals surface area contributed by atoms with Gasteiger partial charge in [0.25, 0.3) is 0 Å². The van der Waals surface area contributed by atoms with Crippen LogP contribution in [0.4, 0.5) is 11.5 Å². The lowest BCUT2D eigenvalue weighted by Gasteiger charge is -2.26. The van der Waals surface area contributed by atoms with Crippen LogP contribution in [0.25, 0.3) is 28.2 Å². The number of imidazole rings is 1. The number of nitrogens with zero attached hydrogens (tertiary/aromatic N) is 7. The summed E-state index contributed by atoms with van der Waals surface area (Å²) >= 11 is 0. The van der Waals surface area contributed by atoms with Gasteiger partial charge in [-0.15, -0.1) is 10.2 Å². The standard InChI is InChI=1S/C26H36N8O3S/c1-14(2)27-23-25-31-30-17(6)32(25)12-20(28-23)24-29-19-10-18-21(11-22(19)33(24)16(5)13-37-9)34(15(3)4)38(35,36)26(18,7)8/h10-12,14-16H,13H2,1-9H3,(H,27,28). The van der Waals surface area contributed by atoms with Gasteiger partial charge in [0.2, 0.25) is 15.7 Å². The van der Waals surface area contributed by atoms with Gasteiger partial charge in [0.1, 0.15) is 16.3 Å². The summed E-state index contributed by atoms with van der Waals surface area (Å²) in [6.45, 7) is 15.8. The molecule has 204 valence electrons. The number of aromatic nitrogens is 6. The van der Waals surface area contributed by atoms with Crippen molar-refractivity contribution in [3.8, 4) is 11.5 Å². The summed E-state index contributed by atoms with van der Waals surface area (Å²) in [6, 6.07) is 3.68. The van der Waals surface area contributed by atoms with E-state index in [1.807, 2.05) is 57.3 Å². The molecule has 1 unspecified atom stereocenters. The number of ether oxygens (including phenoxy) is 1. The number of anilines is 2. The highest BCUT2D eigenvalue weighted by Crippen LogP contribution is 2.49. The van der Waals surface area contributed by atoms with Gasteiger partial charge in [0.15, 0.2) is 11.6 Å². The largest absolute Gasteiger partial charge is 0.383 e. The number of fused-ring (bicyclic) bond motifs is 3. The minimum atomic E-state index is -3.59. The maximum atomic E-state index is 13.5. The summed E-state index contributed by atoms with van der Waals surface area (Å²) in [5, 5.41) is 11.9. The fourth-order valence-corrected chi connectivity index (χ4v) is 7.19. The van der Waals surface area contributed by atoms with Crippen molar-refractivity contribution in [1.82, 2.24) is 29.1 Å². The smallest absolute Gasteiger partial charge is 0.244 e. The van der Waals surface area contributed by atoms with Crippen molar-refractivity contribution < 1.29 is 13.2 Å². The molecule has 1 aliphatic heterocycles. The molecule has 0 bridgehead atoms. The van der Waals surface area contributed by atoms with Crippen molar-refractivity contribution in [2.24, 2.45) is 0 Å². The first-order chi connectivity index (χ1) is 17.8. The van der Waals surface area contributed by atoms with Crippen LogP contribution in [0.1, 0.15) is 65.9 Å². The molecule has 4 aromatic rings. The lowest BCUT2D eigenvalue weighted by molar-refractivity contribution is 0.164. The molecule has 12 heteroatoms. The predicted molar refractivity (Wildman–Crippen MR) is 149 cm³/mol. The van der Waals surface area contributed by atoms with E-state index in [4.69, 9.17) is 14.7 Å². The number of rotatable bonds is 7. The number of benzene rings is 1.